The predicted molar refractivity (Wildman–Crippen MR) is 144 cm³/mol. The van der Waals surface area contributed by atoms with E-state index in [1.54, 1.807) is 37.1 Å². The Morgan fingerprint density at radius 1 is 1.32 bits per heavy atom. The first-order chi connectivity index (χ1) is 17.8. The number of nitrogens with one attached hydrogen (secondary N) is 1. The van der Waals surface area contributed by atoms with Gasteiger partial charge in [-0.3, -0.25) is 14.5 Å². The highest BCUT2D eigenvalue weighted by molar-refractivity contribution is 7.19. The monoisotopic (exact) mass is 516 g/mol. The molecule has 2 aliphatic rings. The molecule has 4 heterocycles. The van der Waals surface area contributed by atoms with Crippen LogP contribution in [0.15, 0.2) is 41.7 Å². The summed E-state index contributed by atoms with van der Waals surface area (Å²) in [4.78, 5) is 39.4. The summed E-state index contributed by atoms with van der Waals surface area (Å²) in [5, 5.41) is 17.4. The van der Waals surface area contributed by atoms with Crippen molar-refractivity contribution in [2.75, 3.05) is 24.6 Å². The van der Waals surface area contributed by atoms with Crippen molar-refractivity contribution in [1.82, 2.24) is 10.3 Å². The number of ketones is 1. The molecule has 37 heavy (non-hydrogen) atoms. The van der Waals surface area contributed by atoms with Gasteiger partial charge in [0.25, 0.3) is 5.91 Å². The second kappa shape index (κ2) is 10.1. The van der Waals surface area contributed by atoms with Crippen molar-refractivity contribution in [2.45, 2.75) is 45.3 Å². The normalized spacial score (nSPS) is 18.6. The number of aryl methyl sites for hydroxylation is 1. The lowest BCUT2D eigenvalue weighted by molar-refractivity contribution is -0.128. The van der Waals surface area contributed by atoms with Gasteiger partial charge in [0.2, 0.25) is 5.78 Å². The summed E-state index contributed by atoms with van der Waals surface area (Å²) in [6.07, 6.45) is 3.53. The molecule has 1 fully saturated rings. The third-order valence-corrected chi connectivity index (χ3v) is 7.67. The first-order valence-electron chi connectivity index (χ1n) is 12.2. The Morgan fingerprint density at radius 2 is 2.16 bits per heavy atom. The second-order valence-electron chi connectivity index (χ2n) is 9.69. The Balaban J connectivity index is 1.55. The highest BCUT2D eigenvalue weighted by atomic mass is 32.1. The molecule has 1 amide bonds. The Labute approximate surface area is 219 Å². The lowest BCUT2D eigenvalue weighted by Gasteiger charge is -2.34. The van der Waals surface area contributed by atoms with Crippen LogP contribution in [0.2, 0.25) is 0 Å². The summed E-state index contributed by atoms with van der Waals surface area (Å²) in [5.74, 6) is 5.92. The van der Waals surface area contributed by atoms with Crippen LogP contribution in [0.5, 0.6) is 0 Å². The van der Waals surface area contributed by atoms with Gasteiger partial charge in [0.15, 0.2) is 11.3 Å². The van der Waals surface area contributed by atoms with Crippen molar-refractivity contribution in [3.63, 3.8) is 0 Å². The maximum atomic E-state index is 14.2. The van der Waals surface area contributed by atoms with Crippen molar-refractivity contribution in [3.8, 4) is 11.8 Å². The zero-order valence-electron chi connectivity index (χ0n) is 21.0. The van der Waals surface area contributed by atoms with Gasteiger partial charge in [0.1, 0.15) is 12.4 Å². The number of thiophene rings is 1. The number of benzene rings is 1. The van der Waals surface area contributed by atoms with E-state index in [4.69, 9.17) is 9.94 Å². The number of fused-ring (bicyclic) bond motifs is 1. The number of aliphatic hydroxyl groups is 1. The first-order valence-corrected chi connectivity index (χ1v) is 13.1. The van der Waals surface area contributed by atoms with Crippen LogP contribution in [0.25, 0.3) is 10.1 Å². The van der Waals surface area contributed by atoms with Gasteiger partial charge in [-0.05, 0) is 70.0 Å². The fourth-order valence-electron chi connectivity index (χ4n) is 4.71. The van der Waals surface area contributed by atoms with Gasteiger partial charge >= 0.3 is 0 Å². The van der Waals surface area contributed by atoms with E-state index in [0.717, 1.165) is 39.9 Å². The lowest BCUT2D eigenvalue weighted by atomic mass is 9.93. The molecule has 0 radical (unpaired) electrons. The lowest BCUT2D eigenvalue weighted by Crippen LogP contribution is -2.49. The maximum absolute atomic E-state index is 14.2. The molecule has 190 valence electrons. The molecule has 2 aliphatic heterocycles. The Bertz CT molecular complexity index is 1470. The standard InChI is InChI=1S/C28H28N4O4S/c1-17-14-18(24-25(34)28(2,3)36-31-24)8-9-21(17)27(35)32(19-6-4-11-29-16-19)26-22-15-20(7-5-13-33)37-23(22)10-12-30-26/h8-10,12,14-15,19,29,33H,4,6,11,13,16H2,1-3H3/t19-/m1/s1. The number of carbonyl (C=O) groups excluding carboxylic acids is 2. The highest BCUT2D eigenvalue weighted by Gasteiger charge is 2.40. The first kappa shape index (κ1) is 25.1. The summed E-state index contributed by atoms with van der Waals surface area (Å²) in [7, 11) is 0. The number of pyridine rings is 1. The molecule has 2 aromatic heterocycles. The summed E-state index contributed by atoms with van der Waals surface area (Å²) >= 11 is 1.51. The summed E-state index contributed by atoms with van der Waals surface area (Å²) in [5.41, 5.74) is 1.18. The zero-order valence-corrected chi connectivity index (χ0v) is 21.8. The number of piperidine rings is 1. The molecule has 0 saturated carbocycles. The van der Waals surface area contributed by atoms with E-state index in [1.165, 1.54) is 11.3 Å². The fraction of sp³-hybridized carbons (Fsp3) is 0.357. The number of hydrogen-bond acceptors (Lipinski definition) is 8. The predicted octanol–water partition coefficient (Wildman–Crippen LogP) is 3.43. The van der Waals surface area contributed by atoms with Crippen LogP contribution in [0, 0.1) is 18.8 Å². The average molecular weight is 517 g/mol. The molecule has 5 rings (SSSR count). The number of nitrogens with zero attached hydrogens (tertiary/aromatic N) is 3. The number of amides is 1. The number of anilines is 1. The molecule has 0 spiro atoms. The quantitative estimate of drug-likeness (QED) is 0.515. The Kier molecular flexibility index (Phi) is 6.82. The fourth-order valence-corrected chi connectivity index (χ4v) is 5.64. The summed E-state index contributed by atoms with van der Waals surface area (Å²) < 4.78 is 0.973. The van der Waals surface area contributed by atoms with Gasteiger partial charge in [-0.2, -0.15) is 0 Å². The van der Waals surface area contributed by atoms with Crippen molar-refractivity contribution in [1.29, 1.82) is 0 Å². The third-order valence-electron chi connectivity index (χ3n) is 6.66. The van der Waals surface area contributed by atoms with Crippen LogP contribution in [0.1, 0.15) is 53.1 Å². The van der Waals surface area contributed by atoms with Crippen LogP contribution >= 0.6 is 11.3 Å². The second-order valence-corrected chi connectivity index (χ2v) is 10.8. The van der Waals surface area contributed by atoms with Crippen LogP contribution in [0.4, 0.5) is 5.82 Å². The number of rotatable bonds is 4. The van der Waals surface area contributed by atoms with Crippen molar-refractivity contribution >= 4 is 44.6 Å². The smallest absolute Gasteiger partial charge is 0.260 e. The summed E-state index contributed by atoms with van der Waals surface area (Å²) in [6.45, 7) is 6.60. The van der Waals surface area contributed by atoms with Crippen LogP contribution in [-0.2, 0) is 9.63 Å². The minimum absolute atomic E-state index is 0.0692. The molecular weight excluding hydrogens is 488 g/mol. The van der Waals surface area contributed by atoms with Crippen LogP contribution in [-0.4, -0.2) is 58.8 Å². The number of hydrogen-bond donors (Lipinski definition) is 2. The molecule has 0 bridgehead atoms. The van der Waals surface area contributed by atoms with E-state index in [1.807, 2.05) is 25.1 Å². The van der Waals surface area contributed by atoms with E-state index in [2.05, 4.69) is 27.3 Å². The van der Waals surface area contributed by atoms with E-state index < -0.39 is 5.60 Å². The molecule has 0 aliphatic carbocycles. The van der Waals surface area contributed by atoms with Crippen molar-refractivity contribution < 1.29 is 19.5 Å². The molecule has 1 saturated heterocycles. The largest absolute Gasteiger partial charge is 0.384 e. The number of aromatic nitrogens is 1. The molecule has 8 nitrogen and oxygen atoms in total. The van der Waals surface area contributed by atoms with E-state index in [-0.39, 0.29) is 30.1 Å². The summed E-state index contributed by atoms with van der Waals surface area (Å²) in [6, 6.07) is 9.10. The number of carbonyl (C=O) groups is 2. The van der Waals surface area contributed by atoms with E-state index >= 15 is 0 Å². The average Bonchev–Trinajstić information content (AvgIpc) is 3.43. The molecule has 3 aromatic rings. The number of oxime groups is 1. The van der Waals surface area contributed by atoms with Crippen molar-refractivity contribution in [3.05, 3.63) is 58.1 Å². The molecule has 1 atom stereocenters. The van der Waals surface area contributed by atoms with Gasteiger partial charge in [-0.15, -0.1) is 11.3 Å². The maximum Gasteiger partial charge on any atom is 0.260 e. The molecular formula is C28H28N4O4S. The Morgan fingerprint density at radius 3 is 2.84 bits per heavy atom. The van der Waals surface area contributed by atoms with Gasteiger partial charge < -0.3 is 15.3 Å². The van der Waals surface area contributed by atoms with Gasteiger partial charge in [-0.1, -0.05) is 23.1 Å². The van der Waals surface area contributed by atoms with Crippen LogP contribution in [0.3, 0.4) is 0 Å². The molecule has 1 aromatic carbocycles. The van der Waals surface area contributed by atoms with Crippen molar-refractivity contribution in [2.24, 2.45) is 5.16 Å². The van der Waals surface area contributed by atoms with E-state index in [0.29, 0.717) is 23.5 Å². The SMILES string of the molecule is Cc1cc(C2=NOC(C)(C)C2=O)ccc1C(=O)N(c1nccc2sc(C#CCO)cc12)[C@@H]1CCCNC1. The van der Waals surface area contributed by atoms with Gasteiger partial charge in [0, 0.05) is 34.0 Å². The van der Waals surface area contributed by atoms with Gasteiger partial charge in [-0.25, -0.2) is 4.98 Å². The molecule has 9 heteroatoms. The minimum Gasteiger partial charge on any atom is -0.384 e. The van der Waals surface area contributed by atoms with Crippen LogP contribution < -0.4 is 10.2 Å². The molecule has 2 N–H and O–H groups in total. The topological polar surface area (TPSA) is 104 Å². The minimum atomic E-state index is -0.992. The number of Topliss-reactive ketones (excluding diaryl/α,β-unsaturated/α-hetero) is 1. The highest BCUT2D eigenvalue weighted by Crippen LogP contribution is 2.34. The zero-order chi connectivity index (χ0) is 26.2. The number of aliphatic hydroxyl groups excluding tert-OH is 1. The van der Waals surface area contributed by atoms with Gasteiger partial charge in [0.05, 0.1) is 10.9 Å². The Hall–Kier alpha value is -3.58. The molecule has 0 unspecified atom stereocenters. The van der Waals surface area contributed by atoms with E-state index in [9.17, 15) is 9.59 Å². The third kappa shape index (κ3) is 4.76.